The molecule has 0 saturated heterocycles. The maximum atomic E-state index is 10.8. The fourth-order valence-corrected chi connectivity index (χ4v) is 1.39. The molecule has 122 valence electrons. The molecule has 0 unspecified atom stereocenters. The highest BCUT2D eigenvalue weighted by atomic mass is 16.4. The Labute approximate surface area is 128 Å². The number of anilines is 2. The fraction of sp³-hybridized carbons (Fsp3) is 0.167. The molecule has 0 radical (unpaired) electrons. The van der Waals surface area contributed by atoms with Gasteiger partial charge < -0.3 is 25.7 Å². The Balaban J connectivity index is 0.000000231. The van der Waals surface area contributed by atoms with E-state index in [0.717, 1.165) is 10.8 Å². The van der Waals surface area contributed by atoms with Gasteiger partial charge in [0.2, 0.25) is 0 Å². The van der Waals surface area contributed by atoms with Crippen molar-refractivity contribution in [1.29, 1.82) is 0 Å². The number of aldehydes is 1. The van der Waals surface area contributed by atoms with Crippen LogP contribution in [0.4, 0.5) is 11.6 Å². The van der Waals surface area contributed by atoms with E-state index < -0.39 is 17.3 Å². The average Bonchev–Trinajstić information content (AvgIpc) is 2.47. The van der Waals surface area contributed by atoms with E-state index in [1.807, 2.05) is 0 Å². The number of hydrogen-bond donors (Lipinski definition) is 3. The number of nitrogens with zero attached hydrogens (tertiary/aromatic N) is 4. The zero-order valence-corrected chi connectivity index (χ0v) is 12.3. The molecule has 2 aromatic heterocycles. The number of aryl methyl sites for hydroxylation is 2. The summed E-state index contributed by atoms with van der Waals surface area (Å²) in [6.45, 7) is 0. The Morgan fingerprint density at radius 1 is 1.09 bits per heavy atom. The van der Waals surface area contributed by atoms with Crippen molar-refractivity contribution in [3.8, 4) is 0 Å². The first-order valence-corrected chi connectivity index (χ1v) is 6.02. The molecule has 0 spiro atoms. The molecule has 11 heteroatoms. The van der Waals surface area contributed by atoms with Crippen molar-refractivity contribution in [3.05, 3.63) is 44.5 Å². The number of carboxylic acids is 1. The van der Waals surface area contributed by atoms with Crippen LogP contribution in [0.2, 0.25) is 0 Å². The minimum absolute atomic E-state index is 0.0249. The molecule has 2 aromatic rings. The highest BCUT2D eigenvalue weighted by Gasteiger charge is 2.10. The predicted octanol–water partition coefficient (Wildman–Crippen LogP) is -1.76. The number of carboxylic acid groups (broad SMARTS) is 1. The van der Waals surface area contributed by atoms with Gasteiger partial charge in [0.1, 0.15) is 17.2 Å². The molecule has 0 aliphatic heterocycles. The third kappa shape index (κ3) is 4.23. The lowest BCUT2D eigenvalue weighted by Gasteiger charge is -2.00. The maximum absolute atomic E-state index is 10.8. The second-order valence-corrected chi connectivity index (χ2v) is 4.33. The molecule has 0 bridgehead atoms. The van der Waals surface area contributed by atoms with Crippen LogP contribution in [0.25, 0.3) is 0 Å². The zero-order chi connectivity index (χ0) is 17.7. The second kappa shape index (κ2) is 6.98. The van der Waals surface area contributed by atoms with Crippen molar-refractivity contribution in [2.24, 2.45) is 14.1 Å². The Hall–Kier alpha value is -3.50. The van der Waals surface area contributed by atoms with Crippen molar-refractivity contribution in [3.63, 3.8) is 0 Å². The molecule has 0 aromatic carbocycles. The molecular weight excluding hydrogens is 308 g/mol. The number of rotatable bonds is 2. The third-order valence-corrected chi connectivity index (χ3v) is 2.62. The summed E-state index contributed by atoms with van der Waals surface area (Å²) in [5.41, 5.74) is 9.45. The van der Waals surface area contributed by atoms with Gasteiger partial charge in [0.15, 0.2) is 6.29 Å². The predicted molar refractivity (Wildman–Crippen MR) is 80.1 cm³/mol. The molecular formula is C12H14N6O5. The van der Waals surface area contributed by atoms with Gasteiger partial charge in [-0.25, -0.2) is 14.4 Å². The lowest BCUT2D eigenvalue weighted by Crippen LogP contribution is -2.23. The normalized spacial score (nSPS) is 9.65. The minimum Gasteiger partial charge on any atom is -0.478 e. The molecule has 0 aliphatic rings. The first-order valence-electron chi connectivity index (χ1n) is 6.02. The number of hydrogen-bond acceptors (Lipinski definition) is 8. The van der Waals surface area contributed by atoms with Gasteiger partial charge in [0, 0.05) is 26.5 Å². The maximum Gasteiger partial charge on any atom is 0.349 e. The molecule has 0 fully saturated rings. The van der Waals surface area contributed by atoms with Crippen LogP contribution in [0.5, 0.6) is 0 Å². The van der Waals surface area contributed by atoms with Crippen LogP contribution < -0.4 is 22.8 Å². The topological polar surface area (TPSA) is 176 Å². The Morgan fingerprint density at radius 2 is 1.57 bits per heavy atom. The van der Waals surface area contributed by atoms with Crippen molar-refractivity contribution in [2.45, 2.75) is 0 Å². The van der Waals surface area contributed by atoms with E-state index in [0.29, 0.717) is 6.29 Å². The largest absolute Gasteiger partial charge is 0.478 e. The number of nitrogen functional groups attached to an aromatic ring is 2. The number of carbonyl (C=O) groups excluding carboxylic acids is 1. The number of aromatic nitrogens is 4. The first kappa shape index (κ1) is 17.6. The van der Waals surface area contributed by atoms with E-state index in [1.165, 1.54) is 24.9 Å². The molecule has 0 atom stereocenters. The van der Waals surface area contributed by atoms with Crippen LogP contribution in [0.15, 0.2) is 22.0 Å². The molecule has 11 nitrogen and oxygen atoms in total. The van der Waals surface area contributed by atoms with Gasteiger partial charge in [0.05, 0.1) is 5.56 Å². The van der Waals surface area contributed by atoms with E-state index in [4.69, 9.17) is 16.6 Å². The van der Waals surface area contributed by atoms with Crippen LogP contribution in [-0.4, -0.2) is 36.5 Å². The molecule has 0 saturated carbocycles. The molecule has 2 heterocycles. The second-order valence-electron chi connectivity index (χ2n) is 4.33. The zero-order valence-electron chi connectivity index (χ0n) is 12.3. The summed E-state index contributed by atoms with van der Waals surface area (Å²) in [6.07, 6.45) is 3.03. The van der Waals surface area contributed by atoms with Crippen LogP contribution in [0.3, 0.4) is 0 Å². The van der Waals surface area contributed by atoms with Crippen LogP contribution in [-0.2, 0) is 14.1 Å². The number of carbonyl (C=O) groups is 2. The lowest BCUT2D eigenvalue weighted by molar-refractivity contribution is 0.0696. The first-order chi connectivity index (χ1) is 10.7. The van der Waals surface area contributed by atoms with Gasteiger partial charge in [-0.15, -0.1) is 0 Å². The Morgan fingerprint density at radius 3 is 2.04 bits per heavy atom. The summed E-state index contributed by atoms with van der Waals surface area (Å²) >= 11 is 0. The highest BCUT2D eigenvalue weighted by Crippen LogP contribution is 2.03. The van der Waals surface area contributed by atoms with Crippen LogP contribution >= 0.6 is 0 Å². The molecule has 23 heavy (non-hydrogen) atoms. The molecule has 5 N–H and O–H groups in total. The minimum atomic E-state index is -1.20. The average molecular weight is 322 g/mol. The Kier molecular flexibility index (Phi) is 5.32. The summed E-state index contributed by atoms with van der Waals surface area (Å²) < 4.78 is 2.25. The van der Waals surface area contributed by atoms with Crippen molar-refractivity contribution in [2.75, 3.05) is 11.5 Å². The Bertz CT molecular complexity index is 869. The van der Waals surface area contributed by atoms with E-state index in [1.54, 1.807) is 0 Å². The fourth-order valence-electron chi connectivity index (χ4n) is 1.39. The van der Waals surface area contributed by atoms with Gasteiger partial charge in [-0.3, -0.25) is 4.79 Å². The highest BCUT2D eigenvalue weighted by molar-refractivity contribution is 5.91. The third-order valence-electron chi connectivity index (χ3n) is 2.62. The van der Waals surface area contributed by atoms with E-state index >= 15 is 0 Å². The van der Waals surface area contributed by atoms with E-state index in [2.05, 4.69) is 9.97 Å². The smallest absolute Gasteiger partial charge is 0.349 e. The van der Waals surface area contributed by atoms with Gasteiger partial charge >= 0.3 is 17.3 Å². The monoisotopic (exact) mass is 322 g/mol. The van der Waals surface area contributed by atoms with Crippen LogP contribution in [0.1, 0.15) is 20.7 Å². The summed E-state index contributed by atoms with van der Waals surface area (Å²) in [5, 5.41) is 8.55. The standard InChI is InChI=1S/C6H7N3O3.C6H7N3O2/c1-9-2-3(5(10)11)4(7)8-6(9)12;1-9-2-4(3-10)5(7)8-6(9)11/h2H,1H3,(H,10,11)(H2,7,8,12);2-3H,1H3,(H2,7,8,11). The number of nitrogens with two attached hydrogens (primary N) is 2. The SMILES string of the molecule is Cn1cc(C(=O)O)c(N)nc1=O.Cn1cc(C=O)c(N)nc1=O. The summed E-state index contributed by atoms with van der Waals surface area (Å²) in [6, 6.07) is 0. The van der Waals surface area contributed by atoms with Crippen LogP contribution in [0, 0.1) is 0 Å². The lowest BCUT2D eigenvalue weighted by atomic mass is 10.3. The van der Waals surface area contributed by atoms with Crippen molar-refractivity contribution < 1.29 is 14.7 Å². The van der Waals surface area contributed by atoms with Gasteiger partial charge in [-0.1, -0.05) is 0 Å². The molecule has 0 aliphatic carbocycles. The van der Waals surface area contributed by atoms with Crippen molar-refractivity contribution in [1.82, 2.24) is 19.1 Å². The van der Waals surface area contributed by atoms with Gasteiger partial charge in [0.25, 0.3) is 0 Å². The molecule has 2 rings (SSSR count). The summed E-state index contributed by atoms with van der Waals surface area (Å²) in [7, 11) is 2.91. The number of aromatic carboxylic acids is 1. The van der Waals surface area contributed by atoms with E-state index in [-0.39, 0.29) is 22.8 Å². The summed E-state index contributed by atoms with van der Waals surface area (Å²) in [4.78, 5) is 49.0. The quantitative estimate of drug-likeness (QED) is 0.540. The van der Waals surface area contributed by atoms with Gasteiger partial charge in [-0.05, 0) is 0 Å². The molecule has 0 amide bonds. The van der Waals surface area contributed by atoms with Crippen molar-refractivity contribution >= 4 is 23.9 Å². The van der Waals surface area contributed by atoms with E-state index in [9.17, 15) is 19.2 Å². The summed E-state index contributed by atoms with van der Waals surface area (Å²) in [5.74, 6) is -1.48. The van der Waals surface area contributed by atoms with Gasteiger partial charge in [-0.2, -0.15) is 9.97 Å².